The van der Waals surface area contributed by atoms with Crippen LogP contribution in [0.4, 0.5) is 5.88 Å². The number of nitrogens with one attached hydrogen (secondary N) is 1. The zero-order chi connectivity index (χ0) is 17.4. The Morgan fingerprint density at radius 2 is 1.87 bits per heavy atom. The first-order chi connectivity index (χ1) is 10.9. The van der Waals surface area contributed by atoms with Gasteiger partial charge >= 0.3 is 5.97 Å². The summed E-state index contributed by atoms with van der Waals surface area (Å²) in [6.07, 6.45) is 0. The van der Waals surface area contributed by atoms with Crippen LogP contribution in [0.3, 0.4) is 0 Å². The summed E-state index contributed by atoms with van der Waals surface area (Å²) >= 11 is 0. The third-order valence-corrected chi connectivity index (χ3v) is 2.83. The molecule has 0 bridgehead atoms. The monoisotopic (exact) mass is 327 g/mol. The molecular formula is C15H21NO7. The lowest BCUT2D eigenvalue weighted by Crippen LogP contribution is -2.21. The summed E-state index contributed by atoms with van der Waals surface area (Å²) in [6, 6.07) is 0. The molecule has 1 rings (SSSR count). The Morgan fingerprint density at radius 1 is 1.17 bits per heavy atom. The average molecular weight is 327 g/mol. The second kappa shape index (κ2) is 9.06. The molecule has 0 unspecified atom stereocenters. The zero-order valence-electron chi connectivity index (χ0n) is 13.7. The first-order valence-electron chi connectivity index (χ1n) is 7.10. The van der Waals surface area contributed by atoms with Gasteiger partial charge in [0.05, 0.1) is 25.4 Å². The lowest BCUT2D eigenvalue weighted by molar-refractivity contribution is -0.121. The summed E-state index contributed by atoms with van der Waals surface area (Å²) in [5.41, 5.74) is 0.0149. The van der Waals surface area contributed by atoms with Crippen LogP contribution in [0.15, 0.2) is 4.42 Å². The van der Waals surface area contributed by atoms with Crippen LogP contribution in [0.25, 0.3) is 0 Å². The molecule has 8 nitrogen and oxygen atoms in total. The minimum Gasteiger partial charge on any atom is -0.462 e. The van der Waals surface area contributed by atoms with Gasteiger partial charge in [0.25, 0.3) is 5.91 Å². The van der Waals surface area contributed by atoms with Gasteiger partial charge in [-0.05, 0) is 20.8 Å². The van der Waals surface area contributed by atoms with E-state index in [-0.39, 0.29) is 48.4 Å². The molecule has 128 valence electrons. The van der Waals surface area contributed by atoms with Crippen molar-refractivity contribution in [2.75, 3.05) is 38.9 Å². The van der Waals surface area contributed by atoms with Crippen LogP contribution in [0.2, 0.25) is 0 Å². The largest absolute Gasteiger partial charge is 0.462 e. The van der Waals surface area contributed by atoms with Crippen molar-refractivity contribution in [2.24, 2.45) is 0 Å². The third-order valence-electron chi connectivity index (χ3n) is 2.83. The molecule has 0 saturated heterocycles. The van der Waals surface area contributed by atoms with Gasteiger partial charge in [-0.3, -0.25) is 14.9 Å². The van der Waals surface area contributed by atoms with Crippen LogP contribution in [0.1, 0.15) is 40.3 Å². The van der Waals surface area contributed by atoms with Crippen molar-refractivity contribution in [3.8, 4) is 0 Å². The van der Waals surface area contributed by atoms with Crippen molar-refractivity contribution in [1.29, 1.82) is 0 Å². The Bertz CT molecular complexity index is 577. The first kappa shape index (κ1) is 18.9. The molecule has 1 aromatic rings. The Hall–Kier alpha value is -2.19. The highest BCUT2D eigenvalue weighted by Gasteiger charge is 2.28. The van der Waals surface area contributed by atoms with E-state index >= 15 is 0 Å². The highest BCUT2D eigenvalue weighted by Crippen LogP contribution is 2.28. The van der Waals surface area contributed by atoms with Crippen molar-refractivity contribution >= 4 is 23.5 Å². The predicted molar refractivity (Wildman–Crippen MR) is 80.7 cm³/mol. The van der Waals surface area contributed by atoms with Crippen molar-refractivity contribution in [2.45, 2.75) is 20.8 Å². The van der Waals surface area contributed by atoms with Crippen molar-refractivity contribution in [3.05, 3.63) is 16.9 Å². The van der Waals surface area contributed by atoms with Crippen LogP contribution in [0.5, 0.6) is 0 Å². The average Bonchev–Trinajstić information content (AvgIpc) is 2.80. The van der Waals surface area contributed by atoms with Gasteiger partial charge in [0.2, 0.25) is 5.88 Å². The number of esters is 1. The minimum atomic E-state index is -0.731. The summed E-state index contributed by atoms with van der Waals surface area (Å²) < 4.78 is 20.1. The topological polar surface area (TPSA) is 104 Å². The Balaban J connectivity index is 2.93. The minimum absolute atomic E-state index is 0.0814. The highest BCUT2D eigenvalue weighted by molar-refractivity contribution is 6.10. The summed E-state index contributed by atoms with van der Waals surface area (Å²) in [5.74, 6) is -1.49. The van der Waals surface area contributed by atoms with Crippen molar-refractivity contribution < 1.29 is 33.0 Å². The number of Topliss-reactive ketones (excluding diaryl/α,β-unsaturated/α-hetero) is 1. The highest BCUT2D eigenvalue weighted by atomic mass is 16.5. The SMILES string of the molecule is CCOC(=O)c1c(NC(=O)COCCOC)oc(C)c1C(C)=O. The summed E-state index contributed by atoms with van der Waals surface area (Å²) in [7, 11) is 1.52. The van der Waals surface area contributed by atoms with Gasteiger partial charge in [0, 0.05) is 7.11 Å². The maximum atomic E-state index is 12.1. The number of aryl methyl sites for hydroxylation is 1. The molecule has 23 heavy (non-hydrogen) atoms. The predicted octanol–water partition coefficient (Wildman–Crippen LogP) is 1.57. The lowest BCUT2D eigenvalue weighted by atomic mass is 10.1. The molecule has 1 aromatic heterocycles. The summed E-state index contributed by atoms with van der Waals surface area (Å²) in [5, 5.41) is 2.42. The Kier molecular flexibility index (Phi) is 7.43. The molecule has 0 aliphatic rings. The van der Waals surface area contributed by atoms with E-state index in [9.17, 15) is 14.4 Å². The molecular weight excluding hydrogens is 306 g/mol. The Morgan fingerprint density at radius 3 is 2.43 bits per heavy atom. The third kappa shape index (κ3) is 5.19. The van der Waals surface area contributed by atoms with Crippen LogP contribution >= 0.6 is 0 Å². The van der Waals surface area contributed by atoms with Gasteiger partial charge in [0.15, 0.2) is 5.78 Å². The second-order valence-electron chi connectivity index (χ2n) is 4.61. The second-order valence-corrected chi connectivity index (χ2v) is 4.61. The molecule has 1 amide bonds. The number of carbonyl (C=O) groups excluding carboxylic acids is 3. The molecule has 8 heteroatoms. The molecule has 0 atom stereocenters. The number of carbonyl (C=O) groups is 3. The van der Waals surface area contributed by atoms with E-state index < -0.39 is 11.9 Å². The number of anilines is 1. The number of hydrogen-bond acceptors (Lipinski definition) is 7. The van der Waals surface area contributed by atoms with Gasteiger partial charge in [-0.25, -0.2) is 4.79 Å². The number of methoxy groups -OCH3 is 1. The molecule has 0 fully saturated rings. The first-order valence-corrected chi connectivity index (χ1v) is 7.10. The van der Waals surface area contributed by atoms with E-state index in [4.69, 9.17) is 18.6 Å². The van der Waals surface area contributed by atoms with Gasteiger partial charge in [0.1, 0.15) is 17.9 Å². The molecule has 0 aliphatic heterocycles. The number of hydrogen-bond donors (Lipinski definition) is 1. The van der Waals surface area contributed by atoms with Crippen molar-refractivity contribution in [3.63, 3.8) is 0 Å². The normalized spacial score (nSPS) is 10.4. The molecule has 0 aromatic carbocycles. The number of rotatable bonds is 9. The van der Waals surface area contributed by atoms with Gasteiger partial charge in [-0.1, -0.05) is 0 Å². The molecule has 0 aliphatic carbocycles. The van der Waals surface area contributed by atoms with Crippen molar-refractivity contribution in [1.82, 2.24) is 0 Å². The standard InChI is InChI=1S/C15H21NO7/c1-5-22-15(19)13-12(9(2)17)10(3)23-14(13)16-11(18)8-21-7-6-20-4/h5-8H2,1-4H3,(H,16,18). The summed E-state index contributed by atoms with van der Waals surface area (Å²) in [6.45, 7) is 4.99. The molecule has 1 heterocycles. The number of ketones is 1. The smallest absolute Gasteiger partial charge is 0.344 e. The quantitative estimate of drug-likeness (QED) is 0.417. The maximum Gasteiger partial charge on any atom is 0.344 e. The van der Waals surface area contributed by atoms with Crippen LogP contribution in [-0.4, -0.2) is 51.2 Å². The van der Waals surface area contributed by atoms with E-state index in [2.05, 4.69) is 5.32 Å². The number of furan rings is 1. The lowest BCUT2D eigenvalue weighted by Gasteiger charge is -2.06. The van der Waals surface area contributed by atoms with E-state index in [1.807, 2.05) is 0 Å². The molecule has 0 saturated carbocycles. The molecule has 0 spiro atoms. The fourth-order valence-electron chi connectivity index (χ4n) is 1.92. The van der Waals surface area contributed by atoms with Crippen LogP contribution in [0, 0.1) is 6.92 Å². The Labute approximate surface area is 134 Å². The van der Waals surface area contributed by atoms with Gasteiger partial charge < -0.3 is 18.6 Å². The molecule has 0 radical (unpaired) electrons. The fourth-order valence-corrected chi connectivity index (χ4v) is 1.92. The van der Waals surface area contributed by atoms with Gasteiger partial charge in [-0.2, -0.15) is 0 Å². The number of amides is 1. The summed E-state index contributed by atoms with van der Waals surface area (Å²) in [4.78, 5) is 35.6. The van der Waals surface area contributed by atoms with E-state index in [1.165, 1.54) is 21.0 Å². The van der Waals surface area contributed by atoms with E-state index in [1.54, 1.807) is 6.92 Å². The van der Waals surface area contributed by atoms with Gasteiger partial charge in [-0.15, -0.1) is 0 Å². The number of ether oxygens (including phenoxy) is 3. The van der Waals surface area contributed by atoms with Crippen LogP contribution < -0.4 is 5.32 Å². The maximum absolute atomic E-state index is 12.1. The van der Waals surface area contributed by atoms with E-state index in [0.29, 0.717) is 6.61 Å². The van der Waals surface area contributed by atoms with E-state index in [0.717, 1.165) is 0 Å². The van der Waals surface area contributed by atoms with Crippen LogP contribution in [-0.2, 0) is 19.0 Å². The molecule has 1 N–H and O–H groups in total. The fraction of sp³-hybridized carbons (Fsp3) is 0.533. The zero-order valence-corrected chi connectivity index (χ0v) is 13.7.